The summed E-state index contributed by atoms with van der Waals surface area (Å²) in [5.74, 6) is -1.50. The average Bonchev–Trinajstić information content (AvgIpc) is 2.46. The molecule has 1 aliphatic carbocycles. The van der Waals surface area contributed by atoms with Crippen molar-refractivity contribution in [3.63, 3.8) is 0 Å². The maximum atomic E-state index is 12.4. The molecule has 1 aliphatic rings. The van der Waals surface area contributed by atoms with Crippen LogP contribution < -0.4 is 0 Å². The number of halogens is 2. The molecule has 0 unspecified atom stereocenters. The molecule has 4 nitrogen and oxygen atoms in total. The third-order valence-corrected chi connectivity index (χ3v) is 4.08. The number of ketones is 1. The first-order valence-corrected chi connectivity index (χ1v) is 6.36. The first kappa shape index (κ1) is 13.0. The zero-order valence-electron chi connectivity index (χ0n) is 9.87. The fourth-order valence-electron chi connectivity index (χ4n) is 2.30. The van der Waals surface area contributed by atoms with Crippen molar-refractivity contribution in [2.24, 2.45) is 0 Å². The van der Waals surface area contributed by atoms with Crippen molar-refractivity contribution in [2.45, 2.75) is 0 Å². The quantitative estimate of drug-likeness (QED) is 0.557. The van der Waals surface area contributed by atoms with Gasteiger partial charge in [0.2, 0.25) is 0 Å². The number of hydrogen-bond acceptors (Lipinski definition) is 4. The van der Waals surface area contributed by atoms with Crippen LogP contribution >= 0.6 is 23.2 Å². The number of phenols is 2. The molecule has 0 saturated carbocycles. The maximum absolute atomic E-state index is 12.4. The van der Waals surface area contributed by atoms with Crippen LogP contribution in [0.3, 0.4) is 0 Å². The van der Waals surface area contributed by atoms with Crippen LogP contribution in [0.5, 0.6) is 11.5 Å². The second-order valence-electron chi connectivity index (χ2n) is 4.32. The van der Waals surface area contributed by atoms with Crippen molar-refractivity contribution < 1.29 is 15.0 Å². The first-order valence-electron chi connectivity index (χ1n) is 5.61. The van der Waals surface area contributed by atoms with Gasteiger partial charge in [0.05, 0.1) is 16.8 Å². The Morgan fingerprint density at radius 3 is 2.00 bits per heavy atom. The molecule has 3 rings (SSSR count). The zero-order valence-corrected chi connectivity index (χ0v) is 11.4. The summed E-state index contributed by atoms with van der Waals surface area (Å²) in [6, 6.07) is 6.48. The second kappa shape index (κ2) is 4.23. The molecule has 6 heteroatoms. The Kier molecular flexibility index (Phi) is 2.74. The van der Waals surface area contributed by atoms with Crippen LogP contribution in [-0.2, 0) is 0 Å². The lowest BCUT2D eigenvalue weighted by atomic mass is 9.82. The number of benzene rings is 2. The molecule has 0 saturated heterocycles. The van der Waals surface area contributed by atoms with Gasteiger partial charge in [0.1, 0.15) is 21.5 Å². The van der Waals surface area contributed by atoms with Crippen LogP contribution in [0.2, 0.25) is 10.0 Å². The summed E-state index contributed by atoms with van der Waals surface area (Å²) >= 11 is 11.6. The van der Waals surface area contributed by atoms with E-state index in [9.17, 15) is 15.0 Å². The van der Waals surface area contributed by atoms with Crippen LogP contribution in [0.1, 0.15) is 27.0 Å². The van der Waals surface area contributed by atoms with Gasteiger partial charge in [0.25, 0.3) is 0 Å². The number of aromatic hydroxyl groups is 2. The lowest BCUT2D eigenvalue weighted by Crippen LogP contribution is -2.21. The van der Waals surface area contributed by atoms with Gasteiger partial charge in [-0.3, -0.25) is 10.2 Å². The lowest BCUT2D eigenvalue weighted by Gasteiger charge is -2.22. The Morgan fingerprint density at radius 2 is 1.40 bits per heavy atom. The van der Waals surface area contributed by atoms with E-state index in [1.54, 1.807) is 24.3 Å². The smallest absolute Gasteiger partial charge is 0.198 e. The molecule has 100 valence electrons. The SMILES string of the molecule is N=C1c2ccccc2C(=O)c2c(O)c(Cl)c(Cl)c(O)c21. The molecule has 0 heterocycles. The highest BCUT2D eigenvalue weighted by Gasteiger charge is 2.35. The zero-order chi connectivity index (χ0) is 14.6. The number of nitrogens with one attached hydrogen (secondary N) is 1. The van der Waals surface area contributed by atoms with E-state index in [-0.39, 0.29) is 32.4 Å². The molecule has 20 heavy (non-hydrogen) atoms. The molecule has 0 fully saturated rings. The lowest BCUT2D eigenvalue weighted by molar-refractivity contribution is 0.103. The number of fused-ring (bicyclic) bond motifs is 2. The van der Waals surface area contributed by atoms with E-state index in [1.807, 2.05) is 0 Å². The number of rotatable bonds is 0. The van der Waals surface area contributed by atoms with Crippen molar-refractivity contribution >= 4 is 34.7 Å². The van der Waals surface area contributed by atoms with Gasteiger partial charge in [-0.05, 0) is 0 Å². The Labute approximate surface area is 123 Å². The number of carbonyl (C=O) groups excluding carboxylic acids is 1. The van der Waals surface area contributed by atoms with Gasteiger partial charge in [-0.2, -0.15) is 0 Å². The minimum Gasteiger partial charge on any atom is -0.506 e. The van der Waals surface area contributed by atoms with Crippen LogP contribution in [-0.4, -0.2) is 21.7 Å². The highest BCUT2D eigenvalue weighted by molar-refractivity contribution is 6.46. The Hall–Kier alpha value is -2.04. The summed E-state index contributed by atoms with van der Waals surface area (Å²) in [6.07, 6.45) is 0. The van der Waals surface area contributed by atoms with Gasteiger partial charge < -0.3 is 10.2 Å². The minimum atomic E-state index is -0.520. The molecule has 0 spiro atoms. The van der Waals surface area contributed by atoms with Gasteiger partial charge in [-0.1, -0.05) is 47.5 Å². The van der Waals surface area contributed by atoms with Crippen LogP contribution in [0.25, 0.3) is 0 Å². The fraction of sp³-hybridized carbons (Fsp3) is 0. The molecule has 0 atom stereocenters. The third-order valence-electron chi connectivity index (χ3n) is 3.25. The van der Waals surface area contributed by atoms with Gasteiger partial charge >= 0.3 is 0 Å². The van der Waals surface area contributed by atoms with Gasteiger partial charge in [0.15, 0.2) is 5.78 Å². The monoisotopic (exact) mass is 307 g/mol. The fourth-order valence-corrected chi connectivity index (χ4v) is 2.67. The van der Waals surface area contributed by atoms with Gasteiger partial charge in [-0.25, -0.2) is 0 Å². The van der Waals surface area contributed by atoms with Crippen molar-refractivity contribution in [3.05, 3.63) is 56.6 Å². The maximum Gasteiger partial charge on any atom is 0.198 e. The number of hydrogen-bond donors (Lipinski definition) is 3. The summed E-state index contributed by atoms with van der Waals surface area (Å²) in [7, 11) is 0. The molecule has 2 aromatic carbocycles. The van der Waals surface area contributed by atoms with Crippen molar-refractivity contribution in [1.82, 2.24) is 0 Å². The predicted octanol–water partition coefficient (Wildman–Crippen LogP) is 3.37. The summed E-state index contributed by atoms with van der Waals surface area (Å²) < 4.78 is 0. The normalized spacial score (nSPS) is 13.1. The van der Waals surface area contributed by atoms with E-state index in [0.29, 0.717) is 5.56 Å². The summed E-state index contributed by atoms with van der Waals surface area (Å²) in [5, 5.41) is 27.6. The van der Waals surface area contributed by atoms with Crippen LogP contribution in [0.4, 0.5) is 0 Å². The number of phenolic OH excluding ortho intramolecular Hbond substituents is 2. The molecular formula is C14H7Cl2NO3. The second-order valence-corrected chi connectivity index (χ2v) is 5.08. The number of carbonyl (C=O) groups is 1. The van der Waals surface area contributed by atoms with Crippen molar-refractivity contribution in [2.75, 3.05) is 0 Å². The van der Waals surface area contributed by atoms with E-state index in [0.717, 1.165) is 0 Å². The van der Waals surface area contributed by atoms with E-state index >= 15 is 0 Å². The summed E-state index contributed by atoms with van der Waals surface area (Å²) in [4.78, 5) is 12.4. The average molecular weight is 308 g/mol. The molecule has 3 N–H and O–H groups in total. The summed E-state index contributed by atoms with van der Waals surface area (Å²) in [6.45, 7) is 0. The largest absolute Gasteiger partial charge is 0.506 e. The standard InChI is InChI=1S/C14H7Cl2NO3/c15-9-10(16)14(20)8-7(13(9)19)11(17)5-3-1-2-4-6(5)12(8)18/h1-4,17,19-20H. The molecule has 2 aromatic rings. The van der Waals surface area contributed by atoms with Gasteiger partial charge in [0, 0.05) is 11.1 Å². The van der Waals surface area contributed by atoms with Crippen molar-refractivity contribution in [1.29, 1.82) is 5.41 Å². The third kappa shape index (κ3) is 1.49. The highest BCUT2D eigenvalue weighted by atomic mass is 35.5. The molecule has 0 radical (unpaired) electrons. The summed E-state index contributed by atoms with van der Waals surface area (Å²) in [5.41, 5.74) is 0.277. The Bertz CT molecular complexity index is 733. The van der Waals surface area contributed by atoms with Crippen LogP contribution in [0.15, 0.2) is 24.3 Å². The Morgan fingerprint density at radius 1 is 0.900 bits per heavy atom. The van der Waals surface area contributed by atoms with Gasteiger partial charge in [-0.15, -0.1) is 0 Å². The van der Waals surface area contributed by atoms with Crippen LogP contribution in [0, 0.1) is 5.41 Å². The predicted molar refractivity (Wildman–Crippen MR) is 75.6 cm³/mol. The molecule has 0 amide bonds. The topological polar surface area (TPSA) is 81.4 Å². The van der Waals surface area contributed by atoms with E-state index < -0.39 is 17.3 Å². The molecule has 0 aromatic heterocycles. The molecule has 0 aliphatic heterocycles. The minimum absolute atomic E-state index is 0.0819. The first-order chi connectivity index (χ1) is 9.45. The van der Waals surface area contributed by atoms with E-state index in [2.05, 4.69) is 0 Å². The highest BCUT2D eigenvalue weighted by Crippen LogP contribution is 2.47. The van der Waals surface area contributed by atoms with E-state index in [1.165, 1.54) is 0 Å². The van der Waals surface area contributed by atoms with E-state index in [4.69, 9.17) is 28.6 Å². The molecular weight excluding hydrogens is 301 g/mol. The van der Waals surface area contributed by atoms with Crippen molar-refractivity contribution in [3.8, 4) is 11.5 Å². The molecule has 0 bridgehead atoms. The Balaban J connectivity index is 2.46.